The summed E-state index contributed by atoms with van der Waals surface area (Å²) in [6.45, 7) is 10.2. The fourth-order valence-electron chi connectivity index (χ4n) is 3.66. The molecule has 7 heteroatoms. The Morgan fingerprint density at radius 3 is 2.28 bits per heavy atom. The van der Waals surface area contributed by atoms with Gasteiger partial charge in [-0.2, -0.15) is 0 Å². The Balaban J connectivity index is 1.97. The zero-order valence-corrected chi connectivity index (χ0v) is 16.1. The van der Waals surface area contributed by atoms with Crippen LogP contribution < -0.4 is 16.4 Å². The number of imide groups is 1. The van der Waals surface area contributed by atoms with Gasteiger partial charge in [0.15, 0.2) is 0 Å². The van der Waals surface area contributed by atoms with Crippen molar-refractivity contribution >= 4 is 17.8 Å². The van der Waals surface area contributed by atoms with E-state index in [1.54, 1.807) is 13.8 Å². The summed E-state index contributed by atoms with van der Waals surface area (Å²) in [5.41, 5.74) is 4.66. The SMILES string of the molecule is CC(C)(N)CNC(=O)CN1C(=O)NC2(CCC(C(C)(C)C)CC2)C1=O. The van der Waals surface area contributed by atoms with Crippen LogP contribution in [-0.4, -0.2) is 46.9 Å². The van der Waals surface area contributed by atoms with Gasteiger partial charge in [0.05, 0.1) is 0 Å². The number of urea groups is 1. The first-order valence-electron chi connectivity index (χ1n) is 9.04. The number of rotatable bonds is 4. The summed E-state index contributed by atoms with van der Waals surface area (Å²) in [4.78, 5) is 38.2. The number of nitrogens with zero attached hydrogens (tertiary/aromatic N) is 1. The maximum Gasteiger partial charge on any atom is 0.325 e. The molecule has 0 radical (unpaired) electrons. The second kappa shape index (κ2) is 6.59. The van der Waals surface area contributed by atoms with Crippen LogP contribution in [0.1, 0.15) is 60.3 Å². The molecule has 142 valence electrons. The first-order chi connectivity index (χ1) is 11.3. The third kappa shape index (κ3) is 4.51. The van der Waals surface area contributed by atoms with Crippen molar-refractivity contribution in [2.45, 2.75) is 71.4 Å². The molecule has 1 aliphatic carbocycles. The van der Waals surface area contributed by atoms with E-state index in [0.29, 0.717) is 18.8 Å². The van der Waals surface area contributed by atoms with Gasteiger partial charge in [-0.25, -0.2) is 4.79 Å². The van der Waals surface area contributed by atoms with Gasteiger partial charge in [-0.1, -0.05) is 20.8 Å². The molecule has 0 bridgehead atoms. The Hall–Kier alpha value is -1.63. The minimum atomic E-state index is -0.827. The van der Waals surface area contributed by atoms with Gasteiger partial charge in [-0.05, 0) is 50.9 Å². The molecule has 1 aliphatic heterocycles. The predicted octanol–water partition coefficient (Wildman–Crippen LogP) is 1.37. The van der Waals surface area contributed by atoms with E-state index in [1.807, 2.05) is 0 Å². The van der Waals surface area contributed by atoms with E-state index >= 15 is 0 Å². The van der Waals surface area contributed by atoms with E-state index in [9.17, 15) is 14.4 Å². The molecule has 0 aromatic rings. The lowest BCUT2D eigenvalue weighted by atomic mass is 9.67. The summed E-state index contributed by atoms with van der Waals surface area (Å²) in [5.74, 6) is -0.110. The molecular weight excluding hydrogens is 320 g/mol. The molecule has 1 saturated carbocycles. The van der Waals surface area contributed by atoms with E-state index in [0.717, 1.165) is 17.7 Å². The predicted molar refractivity (Wildman–Crippen MR) is 95.7 cm³/mol. The molecule has 4 amide bonds. The molecule has 1 heterocycles. The van der Waals surface area contributed by atoms with Gasteiger partial charge < -0.3 is 16.4 Å². The Morgan fingerprint density at radius 2 is 1.80 bits per heavy atom. The fourth-order valence-corrected chi connectivity index (χ4v) is 3.66. The van der Waals surface area contributed by atoms with E-state index in [2.05, 4.69) is 31.4 Å². The van der Waals surface area contributed by atoms with E-state index in [1.165, 1.54) is 0 Å². The Kier molecular flexibility index (Phi) is 5.19. The highest BCUT2D eigenvalue weighted by atomic mass is 16.2. The molecule has 1 saturated heterocycles. The van der Waals surface area contributed by atoms with Gasteiger partial charge in [0, 0.05) is 12.1 Å². The molecular formula is C18H32N4O3. The second-order valence-corrected chi connectivity index (χ2v) is 9.31. The van der Waals surface area contributed by atoms with Crippen LogP contribution in [0.3, 0.4) is 0 Å². The third-order valence-electron chi connectivity index (χ3n) is 5.35. The monoisotopic (exact) mass is 352 g/mol. The number of carbonyl (C=O) groups excluding carboxylic acids is 3. The molecule has 1 spiro atoms. The molecule has 0 atom stereocenters. The van der Waals surface area contributed by atoms with Crippen LogP contribution in [0.5, 0.6) is 0 Å². The molecule has 0 aromatic heterocycles. The minimum Gasteiger partial charge on any atom is -0.353 e. The van der Waals surface area contributed by atoms with Crippen molar-refractivity contribution in [1.82, 2.24) is 15.5 Å². The van der Waals surface area contributed by atoms with Crippen LogP contribution in [0, 0.1) is 11.3 Å². The number of carbonyl (C=O) groups is 3. The van der Waals surface area contributed by atoms with E-state index in [4.69, 9.17) is 5.73 Å². The average molecular weight is 352 g/mol. The van der Waals surface area contributed by atoms with E-state index < -0.39 is 17.1 Å². The summed E-state index contributed by atoms with van der Waals surface area (Å²) in [6.07, 6.45) is 3.06. The van der Waals surface area contributed by atoms with Gasteiger partial charge in [0.1, 0.15) is 12.1 Å². The summed E-state index contributed by atoms with van der Waals surface area (Å²) >= 11 is 0. The van der Waals surface area contributed by atoms with Crippen LogP contribution in [0.25, 0.3) is 0 Å². The van der Waals surface area contributed by atoms with Crippen molar-refractivity contribution in [3.8, 4) is 0 Å². The second-order valence-electron chi connectivity index (χ2n) is 9.31. The highest BCUT2D eigenvalue weighted by molar-refractivity contribution is 6.09. The Morgan fingerprint density at radius 1 is 1.24 bits per heavy atom. The van der Waals surface area contributed by atoms with Crippen LogP contribution in [-0.2, 0) is 9.59 Å². The van der Waals surface area contributed by atoms with Gasteiger partial charge in [-0.15, -0.1) is 0 Å². The van der Waals surface area contributed by atoms with Crippen molar-refractivity contribution in [1.29, 1.82) is 0 Å². The molecule has 2 fully saturated rings. The normalized spacial score (nSPS) is 27.6. The van der Waals surface area contributed by atoms with Crippen LogP contribution in [0.2, 0.25) is 0 Å². The largest absolute Gasteiger partial charge is 0.353 e. The molecule has 2 aliphatic rings. The molecule has 25 heavy (non-hydrogen) atoms. The zero-order valence-electron chi connectivity index (χ0n) is 16.1. The highest BCUT2D eigenvalue weighted by Crippen LogP contribution is 2.43. The lowest BCUT2D eigenvalue weighted by Gasteiger charge is -2.40. The summed E-state index contributed by atoms with van der Waals surface area (Å²) in [6, 6.07) is -0.471. The fraction of sp³-hybridized carbons (Fsp3) is 0.833. The zero-order chi connectivity index (χ0) is 19.0. The molecule has 0 unspecified atom stereocenters. The Labute approximate surface area is 150 Å². The first-order valence-corrected chi connectivity index (χ1v) is 9.04. The molecule has 2 rings (SSSR count). The maximum absolute atomic E-state index is 12.8. The maximum atomic E-state index is 12.8. The van der Waals surface area contributed by atoms with E-state index in [-0.39, 0.29) is 30.3 Å². The van der Waals surface area contributed by atoms with Crippen molar-refractivity contribution in [3.05, 3.63) is 0 Å². The standard InChI is InChI=1S/C18H32N4O3/c1-16(2,3)12-6-8-18(9-7-12)14(24)22(15(25)21-18)10-13(23)20-11-17(4,5)19/h12H,6-11,19H2,1-5H3,(H,20,23)(H,21,25). The van der Waals surface area contributed by atoms with Gasteiger partial charge in [-0.3, -0.25) is 14.5 Å². The smallest absolute Gasteiger partial charge is 0.325 e. The van der Waals surface area contributed by atoms with Gasteiger partial charge in [0.2, 0.25) is 5.91 Å². The number of hydrogen-bond acceptors (Lipinski definition) is 4. The van der Waals surface area contributed by atoms with Crippen molar-refractivity contribution < 1.29 is 14.4 Å². The number of nitrogens with one attached hydrogen (secondary N) is 2. The van der Waals surface area contributed by atoms with Gasteiger partial charge in [0.25, 0.3) is 5.91 Å². The van der Waals surface area contributed by atoms with Crippen LogP contribution in [0.4, 0.5) is 4.79 Å². The Bertz CT molecular complexity index is 552. The number of amides is 4. The third-order valence-corrected chi connectivity index (χ3v) is 5.35. The topological polar surface area (TPSA) is 105 Å². The molecule has 7 nitrogen and oxygen atoms in total. The first kappa shape index (κ1) is 19.7. The van der Waals surface area contributed by atoms with Crippen molar-refractivity contribution in [2.24, 2.45) is 17.1 Å². The van der Waals surface area contributed by atoms with Crippen molar-refractivity contribution in [2.75, 3.05) is 13.1 Å². The quantitative estimate of drug-likeness (QED) is 0.665. The molecule has 0 aromatic carbocycles. The summed E-state index contributed by atoms with van der Waals surface area (Å²) in [5, 5.41) is 5.52. The summed E-state index contributed by atoms with van der Waals surface area (Å²) < 4.78 is 0. The lowest BCUT2D eigenvalue weighted by Crippen LogP contribution is -2.51. The van der Waals surface area contributed by atoms with Crippen LogP contribution >= 0.6 is 0 Å². The van der Waals surface area contributed by atoms with Gasteiger partial charge >= 0.3 is 6.03 Å². The average Bonchev–Trinajstić information content (AvgIpc) is 2.68. The van der Waals surface area contributed by atoms with Crippen molar-refractivity contribution in [3.63, 3.8) is 0 Å². The summed E-state index contributed by atoms with van der Waals surface area (Å²) in [7, 11) is 0. The highest BCUT2D eigenvalue weighted by Gasteiger charge is 2.53. The number of nitrogens with two attached hydrogens (primary N) is 1. The number of hydrogen-bond donors (Lipinski definition) is 3. The lowest BCUT2D eigenvalue weighted by molar-refractivity contribution is -0.136. The minimum absolute atomic E-state index is 0.196. The molecule has 4 N–H and O–H groups in total. The van der Waals surface area contributed by atoms with Crippen LogP contribution in [0.15, 0.2) is 0 Å².